The third-order valence-corrected chi connectivity index (χ3v) is 5.72. The van der Waals surface area contributed by atoms with Gasteiger partial charge in [0.15, 0.2) is 0 Å². The van der Waals surface area contributed by atoms with E-state index in [4.69, 9.17) is 11.6 Å². The molecular formula is C16H19ClN4S. The molecule has 1 aliphatic carbocycles. The Bertz CT molecular complexity index is 630. The van der Waals surface area contributed by atoms with Crippen molar-refractivity contribution in [2.75, 3.05) is 31.1 Å². The second kappa shape index (κ2) is 6.14. The molecular weight excluding hydrogens is 316 g/mol. The Labute approximate surface area is 139 Å². The van der Waals surface area contributed by atoms with Crippen LogP contribution in [0.5, 0.6) is 0 Å². The van der Waals surface area contributed by atoms with Crippen LogP contribution in [0.4, 0.5) is 5.13 Å². The van der Waals surface area contributed by atoms with Gasteiger partial charge in [-0.05, 0) is 30.5 Å². The Hall–Kier alpha value is -1.17. The summed E-state index contributed by atoms with van der Waals surface area (Å²) in [6.45, 7) is 5.20. The highest BCUT2D eigenvalue weighted by Gasteiger charge is 2.29. The van der Waals surface area contributed by atoms with E-state index in [9.17, 15) is 0 Å². The normalized spacial score (nSPS) is 19.6. The van der Waals surface area contributed by atoms with E-state index in [1.165, 1.54) is 23.4 Å². The zero-order valence-corrected chi connectivity index (χ0v) is 14.0. The molecule has 0 atom stereocenters. The lowest BCUT2D eigenvalue weighted by atomic mass is 10.2. The van der Waals surface area contributed by atoms with E-state index in [2.05, 4.69) is 32.1 Å². The van der Waals surface area contributed by atoms with Gasteiger partial charge in [0, 0.05) is 43.7 Å². The first-order chi connectivity index (χ1) is 10.8. The topological polar surface area (TPSA) is 32.3 Å². The average Bonchev–Trinajstić information content (AvgIpc) is 3.28. The van der Waals surface area contributed by atoms with Crippen molar-refractivity contribution < 1.29 is 0 Å². The van der Waals surface area contributed by atoms with Crippen LogP contribution in [0.15, 0.2) is 24.3 Å². The lowest BCUT2D eigenvalue weighted by molar-refractivity contribution is 0.249. The first-order valence-electron chi connectivity index (χ1n) is 7.83. The van der Waals surface area contributed by atoms with Gasteiger partial charge in [0.2, 0.25) is 5.13 Å². The van der Waals surface area contributed by atoms with E-state index >= 15 is 0 Å². The van der Waals surface area contributed by atoms with Gasteiger partial charge in [0.1, 0.15) is 5.01 Å². The van der Waals surface area contributed by atoms with E-state index in [1.54, 1.807) is 11.3 Å². The van der Waals surface area contributed by atoms with E-state index in [0.717, 1.165) is 42.9 Å². The minimum absolute atomic E-state index is 0.706. The second-order valence-corrected chi connectivity index (χ2v) is 7.51. The molecule has 4 nitrogen and oxygen atoms in total. The molecule has 22 heavy (non-hydrogen) atoms. The Morgan fingerprint density at radius 3 is 2.45 bits per heavy atom. The molecule has 0 radical (unpaired) electrons. The van der Waals surface area contributed by atoms with Crippen molar-refractivity contribution in [1.29, 1.82) is 0 Å². The molecule has 0 bridgehead atoms. The van der Waals surface area contributed by atoms with E-state index in [0.29, 0.717) is 5.92 Å². The number of halogens is 1. The van der Waals surface area contributed by atoms with Crippen LogP contribution in [0.25, 0.3) is 0 Å². The van der Waals surface area contributed by atoms with Gasteiger partial charge in [-0.2, -0.15) is 0 Å². The highest BCUT2D eigenvalue weighted by atomic mass is 35.5. The molecule has 1 saturated heterocycles. The minimum atomic E-state index is 0.706. The summed E-state index contributed by atoms with van der Waals surface area (Å²) in [5, 5.41) is 11.9. The zero-order valence-electron chi connectivity index (χ0n) is 12.4. The molecule has 2 aromatic rings. The van der Waals surface area contributed by atoms with Crippen LogP contribution in [-0.2, 0) is 6.54 Å². The minimum Gasteiger partial charge on any atom is -0.344 e. The molecule has 1 aromatic heterocycles. The first-order valence-corrected chi connectivity index (χ1v) is 9.02. The van der Waals surface area contributed by atoms with Crippen molar-refractivity contribution >= 4 is 28.1 Å². The maximum Gasteiger partial charge on any atom is 0.208 e. The van der Waals surface area contributed by atoms with Crippen molar-refractivity contribution in [2.24, 2.45) is 0 Å². The van der Waals surface area contributed by atoms with Crippen LogP contribution in [0, 0.1) is 0 Å². The van der Waals surface area contributed by atoms with E-state index in [1.807, 2.05) is 12.1 Å². The van der Waals surface area contributed by atoms with Gasteiger partial charge in [0.25, 0.3) is 0 Å². The maximum absolute atomic E-state index is 5.94. The van der Waals surface area contributed by atoms with Gasteiger partial charge >= 0.3 is 0 Å². The predicted molar refractivity (Wildman–Crippen MR) is 90.8 cm³/mol. The predicted octanol–water partition coefficient (Wildman–Crippen LogP) is 3.39. The monoisotopic (exact) mass is 334 g/mol. The average molecular weight is 335 g/mol. The summed E-state index contributed by atoms with van der Waals surface area (Å²) in [6, 6.07) is 8.16. The van der Waals surface area contributed by atoms with Crippen LogP contribution in [-0.4, -0.2) is 41.3 Å². The summed E-state index contributed by atoms with van der Waals surface area (Å²) in [7, 11) is 0. The third-order valence-electron chi connectivity index (χ3n) is 4.32. The lowest BCUT2D eigenvalue weighted by Gasteiger charge is -2.34. The Morgan fingerprint density at radius 1 is 1.05 bits per heavy atom. The largest absolute Gasteiger partial charge is 0.344 e. The molecule has 4 rings (SSSR count). The fraction of sp³-hybridized carbons (Fsp3) is 0.500. The van der Waals surface area contributed by atoms with Crippen molar-refractivity contribution in [3.63, 3.8) is 0 Å². The number of nitrogens with zero attached hydrogens (tertiary/aromatic N) is 4. The molecule has 116 valence electrons. The fourth-order valence-corrected chi connectivity index (χ4v) is 3.99. The molecule has 2 heterocycles. The molecule has 1 aliphatic heterocycles. The number of piperazine rings is 1. The summed E-state index contributed by atoms with van der Waals surface area (Å²) >= 11 is 7.73. The number of benzene rings is 1. The van der Waals surface area contributed by atoms with Gasteiger partial charge in [-0.15, -0.1) is 10.2 Å². The quantitative estimate of drug-likeness (QED) is 0.858. The number of aromatic nitrogens is 2. The summed E-state index contributed by atoms with van der Waals surface area (Å²) < 4.78 is 0. The summed E-state index contributed by atoms with van der Waals surface area (Å²) in [4.78, 5) is 4.87. The molecule has 1 aromatic carbocycles. The number of hydrogen-bond acceptors (Lipinski definition) is 5. The van der Waals surface area contributed by atoms with Gasteiger partial charge in [-0.1, -0.05) is 35.1 Å². The molecule has 2 aliphatic rings. The molecule has 2 fully saturated rings. The first kappa shape index (κ1) is 14.4. The van der Waals surface area contributed by atoms with Crippen molar-refractivity contribution in [2.45, 2.75) is 25.3 Å². The van der Waals surface area contributed by atoms with Crippen LogP contribution in [0.3, 0.4) is 0 Å². The van der Waals surface area contributed by atoms with Gasteiger partial charge in [-0.3, -0.25) is 4.90 Å². The molecule has 0 amide bonds. The molecule has 6 heteroatoms. The van der Waals surface area contributed by atoms with Crippen molar-refractivity contribution in [3.8, 4) is 0 Å². The zero-order chi connectivity index (χ0) is 14.9. The second-order valence-electron chi connectivity index (χ2n) is 6.09. The molecule has 0 unspecified atom stereocenters. The number of rotatable bonds is 4. The van der Waals surface area contributed by atoms with Gasteiger partial charge in [-0.25, -0.2) is 0 Å². The summed E-state index contributed by atoms with van der Waals surface area (Å²) in [5.41, 5.74) is 1.32. The molecule has 0 N–H and O–H groups in total. The smallest absolute Gasteiger partial charge is 0.208 e. The molecule has 1 saturated carbocycles. The van der Waals surface area contributed by atoms with Gasteiger partial charge < -0.3 is 4.90 Å². The number of hydrogen-bond donors (Lipinski definition) is 0. The lowest BCUT2D eigenvalue weighted by Crippen LogP contribution is -2.45. The summed E-state index contributed by atoms with van der Waals surface area (Å²) in [6.07, 6.45) is 2.59. The Balaban J connectivity index is 1.32. The maximum atomic E-state index is 5.94. The van der Waals surface area contributed by atoms with Crippen molar-refractivity contribution in [3.05, 3.63) is 39.9 Å². The molecule has 0 spiro atoms. The number of anilines is 1. The fourth-order valence-electron chi connectivity index (χ4n) is 2.79. The van der Waals surface area contributed by atoms with Crippen LogP contribution in [0.1, 0.15) is 29.3 Å². The standard InChI is InChI=1S/C16H19ClN4S/c17-14-5-1-12(2-6-14)11-20-7-9-21(10-8-20)16-19-18-15(22-16)13-3-4-13/h1-2,5-6,13H,3-4,7-11H2. The SMILES string of the molecule is Clc1ccc(CN2CCN(c3nnc(C4CC4)s3)CC2)cc1. The summed E-state index contributed by atoms with van der Waals surface area (Å²) in [5.74, 6) is 0.706. The Kier molecular flexibility index (Phi) is 4.03. The van der Waals surface area contributed by atoms with E-state index in [-0.39, 0.29) is 0 Å². The van der Waals surface area contributed by atoms with Crippen LogP contribution >= 0.6 is 22.9 Å². The van der Waals surface area contributed by atoms with Crippen LogP contribution < -0.4 is 4.90 Å². The highest BCUT2D eigenvalue weighted by Crippen LogP contribution is 2.42. The third kappa shape index (κ3) is 3.26. The van der Waals surface area contributed by atoms with Crippen molar-refractivity contribution in [1.82, 2.24) is 15.1 Å². The Morgan fingerprint density at radius 2 is 1.77 bits per heavy atom. The van der Waals surface area contributed by atoms with E-state index < -0.39 is 0 Å². The van der Waals surface area contributed by atoms with Gasteiger partial charge in [0.05, 0.1) is 0 Å². The highest BCUT2D eigenvalue weighted by molar-refractivity contribution is 7.15. The van der Waals surface area contributed by atoms with Crippen LogP contribution in [0.2, 0.25) is 5.02 Å².